The van der Waals surface area contributed by atoms with Gasteiger partial charge in [0.05, 0.1) is 28.8 Å². The summed E-state index contributed by atoms with van der Waals surface area (Å²) in [5.41, 5.74) is 0.580. The lowest BCUT2D eigenvalue weighted by molar-refractivity contribution is -0.137. The molecule has 4 rings (SSSR count). The largest absolute Gasteiger partial charge is 0.417 e. The summed E-state index contributed by atoms with van der Waals surface area (Å²) >= 11 is 0. The van der Waals surface area contributed by atoms with Gasteiger partial charge in [-0.05, 0) is 30.7 Å². The van der Waals surface area contributed by atoms with E-state index in [0.29, 0.717) is 0 Å². The molecule has 0 aliphatic rings. The first-order valence-corrected chi connectivity index (χ1v) is 11.7. The zero-order valence-electron chi connectivity index (χ0n) is 17.8. The highest BCUT2D eigenvalue weighted by atomic mass is 32.2. The minimum atomic E-state index is -4.57. The third-order valence-corrected chi connectivity index (χ3v) is 6.29. The van der Waals surface area contributed by atoms with Crippen LogP contribution in [0.2, 0.25) is 0 Å². The smallest absolute Gasteiger partial charge is 0.348 e. The van der Waals surface area contributed by atoms with Crippen molar-refractivity contribution < 1.29 is 21.6 Å². The number of hydrogen-bond acceptors (Lipinski definition) is 6. The van der Waals surface area contributed by atoms with Crippen LogP contribution in [-0.4, -0.2) is 34.6 Å². The van der Waals surface area contributed by atoms with Gasteiger partial charge in [-0.15, -0.1) is 0 Å². The van der Waals surface area contributed by atoms with Crippen molar-refractivity contribution in [2.24, 2.45) is 0 Å². The fourth-order valence-electron chi connectivity index (χ4n) is 3.36. The van der Waals surface area contributed by atoms with Crippen LogP contribution in [0.25, 0.3) is 27.1 Å². The molecule has 0 saturated heterocycles. The number of nitrogens with zero attached hydrogens (tertiary/aromatic N) is 4. The summed E-state index contributed by atoms with van der Waals surface area (Å²) in [6.45, 7) is 9.24. The van der Waals surface area contributed by atoms with Gasteiger partial charge in [-0.1, -0.05) is 12.1 Å². The number of H-pyrrole nitrogens is 1. The second-order valence-electron chi connectivity index (χ2n) is 7.57. The molecule has 1 atom stereocenters. The molecule has 0 saturated carbocycles. The minimum Gasteiger partial charge on any atom is -0.348 e. The highest BCUT2D eigenvalue weighted by Crippen LogP contribution is 2.37. The van der Waals surface area contributed by atoms with Crippen molar-refractivity contribution in [1.29, 1.82) is 0 Å². The van der Waals surface area contributed by atoms with Gasteiger partial charge in [-0.25, -0.2) is 28.2 Å². The molecule has 0 radical (unpaired) electrons. The standard InChI is InChI=1S/C22H17F3N6O2S/c1-12(13-4-6-15(7-5-13)34(3,32)33)30-21-29-11-18(26-2)19(31-21)17-10-28-20-16(17)8-14(9-27-20)22(23,24)25/h4-12H,1,3H3,(H,27,28)(H,29,30,31). The number of benzene rings is 1. The Hall–Kier alpha value is -3.98. The third kappa shape index (κ3) is 4.55. The maximum Gasteiger partial charge on any atom is 0.417 e. The van der Waals surface area contributed by atoms with Crippen molar-refractivity contribution in [3.05, 3.63) is 71.5 Å². The number of sulfone groups is 1. The molecule has 0 aliphatic heterocycles. The second-order valence-corrected chi connectivity index (χ2v) is 9.58. The second kappa shape index (κ2) is 8.42. The molecule has 0 bridgehead atoms. The van der Waals surface area contributed by atoms with Gasteiger partial charge in [-0.3, -0.25) is 0 Å². The van der Waals surface area contributed by atoms with Crippen molar-refractivity contribution in [2.45, 2.75) is 24.0 Å². The highest BCUT2D eigenvalue weighted by Gasteiger charge is 2.31. The number of anilines is 1. The fourth-order valence-corrected chi connectivity index (χ4v) is 3.99. The Morgan fingerprint density at radius 3 is 2.47 bits per heavy atom. The number of hydrogen-bond donors (Lipinski definition) is 2. The van der Waals surface area contributed by atoms with E-state index < -0.39 is 21.6 Å². The van der Waals surface area contributed by atoms with Crippen molar-refractivity contribution >= 4 is 32.5 Å². The molecule has 0 amide bonds. The van der Waals surface area contributed by atoms with Crippen LogP contribution in [0.4, 0.5) is 24.8 Å². The fraction of sp³-hybridized carbons (Fsp3) is 0.182. The lowest BCUT2D eigenvalue weighted by atomic mass is 10.1. The molecule has 3 aromatic heterocycles. The molecule has 34 heavy (non-hydrogen) atoms. The van der Waals surface area contributed by atoms with E-state index in [0.717, 1.165) is 24.1 Å². The molecule has 174 valence electrons. The van der Waals surface area contributed by atoms with Crippen molar-refractivity contribution in [3.8, 4) is 11.3 Å². The number of aromatic amines is 1. The Morgan fingerprint density at radius 1 is 1.15 bits per heavy atom. The van der Waals surface area contributed by atoms with Crippen LogP contribution >= 0.6 is 0 Å². The van der Waals surface area contributed by atoms with Crippen LogP contribution in [0.1, 0.15) is 24.1 Å². The number of fused-ring (bicyclic) bond motifs is 1. The van der Waals surface area contributed by atoms with Gasteiger partial charge in [0.25, 0.3) is 0 Å². The van der Waals surface area contributed by atoms with E-state index in [9.17, 15) is 21.6 Å². The Balaban J connectivity index is 1.70. The van der Waals surface area contributed by atoms with Gasteiger partial charge in [0.1, 0.15) is 5.65 Å². The number of rotatable bonds is 5. The van der Waals surface area contributed by atoms with E-state index >= 15 is 0 Å². The van der Waals surface area contributed by atoms with Gasteiger partial charge in [0.15, 0.2) is 9.84 Å². The van der Waals surface area contributed by atoms with E-state index in [1.54, 1.807) is 12.1 Å². The third-order valence-electron chi connectivity index (χ3n) is 5.16. The van der Waals surface area contributed by atoms with Crippen LogP contribution in [0, 0.1) is 6.57 Å². The predicted molar refractivity (Wildman–Crippen MR) is 120 cm³/mol. The van der Waals surface area contributed by atoms with E-state index in [4.69, 9.17) is 6.57 Å². The number of aromatic nitrogens is 4. The highest BCUT2D eigenvalue weighted by molar-refractivity contribution is 7.90. The summed E-state index contributed by atoms with van der Waals surface area (Å²) in [5, 5.41) is 3.25. The van der Waals surface area contributed by atoms with Gasteiger partial charge in [0, 0.05) is 35.8 Å². The Labute approximate surface area is 192 Å². The first-order chi connectivity index (χ1) is 16.0. The van der Waals surface area contributed by atoms with Crippen LogP contribution in [0.15, 0.2) is 53.8 Å². The number of halogens is 3. The molecule has 3 heterocycles. The van der Waals surface area contributed by atoms with E-state index in [2.05, 4.69) is 30.1 Å². The number of nitrogens with one attached hydrogen (secondary N) is 2. The van der Waals surface area contributed by atoms with Gasteiger partial charge >= 0.3 is 6.18 Å². The predicted octanol–water partition coefficient (Wildman–Crippen LogP) is 5.17. The summed E-state index contributed by atoms with van der Waals surface area (Å²) in [6, 6.07) is 6.94. The monoisotopic (exact) mass is 486 g/mol. The van der Waals surface area contributed by atoms with Crippen LogP contribution in [-0.2, 0) is 16.0 Å². The maximum absolute atomic E-state index is 13.2. The minimum absolute atomic E-state index is 0.0639. The Bertz CT molecular complexity index is 1520. The average Bonchev–Trinajstić information content (AvgIpc) is 3.21. The summed E-state index contributed by atoms with van der Waals surface area (Å²) in [6.07, 6.45) is 0.0275. The Kier molecular flexibility index (Phi) is 5.74. The lowest BCUT2D eigenvalue weighted by Gasteiger charge is -2.15. The average molecular weight is 486 g/mol. The summed E-state index contributed by atoms with van der Waals surface area (Å²) in [4.78, 5) is 18.8. The molecule has 2 N–H and O–H groups in total. The molecule has 4 aromatic rings. The van der Waals surface area contributed by atoms with Crippen LogP contribution in [0.5, 0.6) is 0 Å². The molecule has 1 unspecified atom stereocenters. The van der Waals surface area contributed by atoms with Crippen LogP contribution < -0.4 is 5.32 Å². The number of pyridine rings is 1. The summed E-state index contributed by atoms with van der Waals surface area (Å²) < 4.78 is 62.9. The van der Waals surface area contributed by atoms with E-state index in [-0.39, 0.29) is 44.9 Å². The lowest BCUT2D eigenvalue weighted by Crippen LogP contribution is -2.10. The molecule has 0 spiro atoms. The summed E-state index contributed by atoms with van der Waals surface area (Å²) in [7, 11) is -3.32. The van der Waals surface area contributed by atoms with E-state index in [1.165, 1.54) is 24.5 Å². The Morgan fingerprint density at radius 2 is 1.85 bits per heavy atom. The van der Waals surface area contributed by atoms with Crippen molar-refractivity contribution in [2.75, 3.05) is 11.6 Å². The molecule has 0 fully saturated rings. The number of alkyl halides is 3. The first-order valence-electron chi connectivity index (χ1n) is 9.83. The zero-order valence-corrected chi connectivity index (χ0v) is 18.7. The maximum atomic E-state index is 13.2. The van der Waals surface area contributed by atoms with Gasteiger partial charge in [-0.2, -0.15) is 13.2 Å². The first kappa shape index (κ1) is 23.2. The molecular formula is C22H17F3N6O2S. The SMILES string of the molecule is [C-]#[N+]c1cnc(NC(C)c2ccc(S(C)(=O)=O)cc2)nc1-c1c[nH]c2ncc(C(F)(F)F)cc12. The van der Waals surface area contributed by atoms with Crippen LogP contribution in [0.3, 0.4) is 0 Å². The molecule has 0 aliphatic carbocycles. The topological polar surface area (TPSA) is 105 Å². The van der Waals surface area contributed by atoms with Gasteiger partial charge in [0.2, 0.25) is 11.6 Å². The molecule has 8 nitrogen and oxygen atoms in total. The van der Waals surface area contributed by atoms with Crippen molar-refractivity contribution in [3.63, 3.8) is 0 Å². The normalized spacial score (nSPS) is 12.9. The molecule has 1 aromatic carbocycles. The summed E-state index contributed by atoms with van der Waals surface area (Å²) in [5.74, 6) is 0.149. The zero-order chi connectivity index (χ0) is 24.7. The molecular weight excluding hydrogens is 469 g/mol. The van der Waals surface area contributed by atoms with Crippen molar-refractivity contribution in [1.82, 2.24) is 19.9 Å². The van der Waals surface area contributed by atoms with Gasteiger partial charge < -0.3 is 10.3 Å². The van der Waals surface area contributed by atoms with E-state index in [1.807, 2.05) is 6.92 Å². The molecule has 12 heteroatoms. The quantitative estimate of drug-likeness (QED) is 0.377.